The number of nitrogens with two attached hydrogens (primary N) is 1. The highest BCUT2D eigenvalue weighted by molar-refractivity contribution is 9.10. The average molecular weight is 270 g/mol. The van der Waals surface area contributed by atoms with Crippen molar-refractivity contribution in [3.05, 3.63) is 28.2 Å². The molecule has 1 aliphatic rings. The lowest BCUT2D eigenvalue weighted by atomic mass is 9.89. The van der Waals surface area contributed by atoms with Crippen molar-refractivity contribution in [2.24, 2.45) is 5.73 Å². The van der Waals surface area contributed by atoms with Crippen molar-refractivity contribution in [3.63, 3.8) is 0 Å². The summed E-state index contributed by atoms with van der Waals surface area (Å²) >= 11 is 3.50. The van der Waals surface area contributed by atoms with Crippen LogP contribution in [-0.4, -0.2) is 7.11 Å². The summed E-state index contributed by atoms with van der Waals surface area (Å²) in [5.74, 6) is 0.891. The highest BCUT2D eigenvalue weighted by atomic mass is 79.9. The summed E-state index contributed by atoms with van der Waals surface area (Å²) < 4.78 is 6.41. The molecule has 1 saturated carbocycles. The SMILES string of the molecule is COc1c(Br)cccc1C1(N)CCCC1. The van der Waals surface area contributed by atoms with Gasteiger partial charge in [-0.1, -0.05) is 25.0 Å². The Morgan fingerprint density at radius 1 is 1.33 bits per heavy atom. The lowest BCUT2D eigenvalue weighted by molar-refractivity contribution is 0.377. The van der Waals surface area contributed by atoms with Crippen LogP contribution in [0.25, 0.3) is 0 Å². The Hall–Kier alpha value is -0.540. The molecule has 0 atom stereocenters. The average Bonchev–Trinajstić information content (AvgIpc) is 2.66. The molecule has 0 amide bonds. The van der Waals surface area contributed by atoms with Crippen LogP contribution >= 0.6 is 15.9 Å². The zero-order valence-corrected chi connectivity index (χ0v) is 10.5. The second kappa shape index (κ2) is 4.14. The molecular weight excluding hydrogens is 254 g/mol. The Morgan fingerprint density at radius 3 is 2.60 bits per heavy atom. The lowest BCUT2D eigenvalue weighted by Crippen LogP contribution is -2.33. The molecule has 1 fully saturated rings. The monoisotopic (exact) mass is 269 g/mol. The van der Waals surface area contributed by atoms with Gasteiger partial charge in [0.15, 0.2) is 0 Å². The smallest absolute Gasteiger partial charge is 0.138 e. The van der Waals surface area contributed by atoms with Gasteiger partial charge in [-0.2, -0.15) is 0 Å². The van der Waals surface area contributed by atoms with Crippen LogP contribution in [0.2, 0.25) is 0 Å². The molecule has 0 saturated heterocycles. The molecule has 0 heterocycles. The third-order valence-electron chi connectivity index (χ3n) is 3.20. The van der Waals surface area contributed by atoms with E-state index < -0.39 is 0 Å². The van der Waals surface area contributed by atoms with Gasteiger partial charge in [-0.25, -0.2) is 0 Å². The zero-order valence-electron chi connectivity index (χ0n) is 8.92. The quantitative estimate of drug-likeness (QED) is 0.895. The van der Waals surface area contributed by atoms with Crippen molar-refractivity contribution < 1.29 is 4.74 Å². The number of benzene rings is 1. The van der Waals surface area contributed by atoms with Crippen molar-refractivity contribution in [2.75, 3.05) is 7.11 Å². The predicted molar refractivity (Wildman–Crippen MR) is 65.0 cm³/mol. The molecule has 0 aliphatic heterocycles. The van der Waals surface area contributed by atoms with Gasteiger partial charge in [-0.05, 0) is 34.8 Å². The molecule has 0 spiro atoms. The summed E-state index contributed by atoms with van der Waals surface area (Å²) in [5.41, 5.74) is 7.38. The molecule has 0 aromatic heterocycles. The van der Waals surface area contributed by atoms with Crippen LogP contribution in [0.5, 0.6) is 5.75 Å². The molecule has 3 heteroatoms. The molecule has 0 radical (unpaired) electrons. The second-order valence-corrected chi connectivity index (χ2v) is 5.04. The number of para-hydroxylation sites is 1. The largest absolute Gasteiger partial charge is 0.495 e. The summed E-state index contributed by atoms with van der Waals surface area (Å²) in [4.78, 5) is 0. The Bertz CT molecular complexity index is 359. The first-order chi connectivity index (χ1) is 7.17. The summed E-state index contributed by atoms with van der Waals surface area (Å²) in [5, 5.41) is 0. The molecule has 0 unspecified atom stereocenters. The van der Waals surface area contributed by atoms with Gasteiger partial charge in [0.25, 0.3) is 0 Å². The van der Waals surface area contributed by atoms with Crippen LogP contribution in [0.15, 0.2) is 22.7 Å². The van der Waals surface area contributed by atoms with Crippen LogP contribution < -0.4 is 10.5 Å². The van der Waals surface area contributed by atoms with Crippen molar-refractivity contribution in [3.8, 4) is 5.75 Å². The van der Waals surface area contributed by atoms with E-state index in [2.05, 4.69) is 22.0 Å². The minimum Gasteiger partial charge on any atom is -0.495 e. The molecule has 2 rings (SSSR count). The molecule has 82 valence electrons. The minimum absolute atomic E-state index is 0.185. The van der Waals surface area contributed by atoms with Crippen molar-refractivity contribution in [1.29, 1.82) is 0 Å². The van der Waals surface area contributed by atoms with Crippen LogP contribution in [0, 0.1) is 0 Å². The van der Waals surface area contributed by atoms with E-state index in [0.717, 1.165) is 28.6 Å². The third kappa shape index (κ3) is 1.91. The Balaban J connectivity index is 2.47. The molecule has 2 N–H and O–H groups in total. The van der Waals surface area contributed by atoms with E-state index in [1.807, 2.05) is 12.1 Å². The first-order valence-corrected chi connectivity index (χ1v) is 6.08. The normalized spacial score (nSPS) is 19.1. The van der Waals surface area contributed by atoms with Crippen molar-refractivity contribution in [2.45, 2.75) is 31.2 Å². The van der Waals surface area contributed by atoms with E-state index in [1.165, 1.54) is 12.8 Å². The maximum absolute atomic E-state index is 6.42. The van der Waals surface area contributed by atoms with E-state index >= 15 is 0 Å². The predicted octanol–water partition coefficient (Wildman–Crippen LogP) is 3.19. The molecule has 1 aliphatic carbocycles. The van der Waals surface area contributed by atoms with Crippen LogP contribution in [-0.2, 0) is 5.54 Å². The fourth-order valence-corrected chi connectivity index (χ4v) is 2.91. The Labute approximate surface area is 98.9 Å². The molecule has 1 aromatic rings. The number of ether oxygens (including phenoxy) is 1. The zero-order chi connectivity index (χ0) is 10.9. The summed E-state index contributed by atoms with van der Waals surface area (Å²) in [6.07, 6.45) is 4.54. The van der Waals surface area contributed by atoms with Crippen LogP contribution in [0.4, 0.5) is 0 Å². The topological polar surface area (TPSA) is 35.2 Å². The first kappa shape index (κ1) is 11.0. The highest BCUT2D eigenvalue weighted by Gasteiger charge is 2.34. The maximum atomic E-state index is 6.42. The molecule has 1 aromatic carbocycles. The summed E-state index contributed by atoms with van der Waals surface area (Å²) in [7, 11) is 1.70. The molecular formula is C12H16BrNO. The Morgan fingerprint density at radius 2 is 2.00 bits per heavy atom. The fourth-order valence-electron chi connectivity index (χ4n) is 2.38. The van der Waals surface area contributed by atoms with Gasteiger partial charge in [-0.3, -0.25) is 0 Å². The maximum Gasteiger partial charge on any atom is 0.138 e. The number of halogens is 1. The lowest BCUT2D eigenvalue weighted by Gasteiger charge is -2.26. The fraction of sp³-hybridized carbons (Fsp3) is 0.500. The van der Waals surface area contributed by atoms with E-state index in [1.54, 1.807) is 7.11 Å². The highest BCUT2D eigenvalue weighted by Crippen LogP contribution is 2.42. The Kier molecular flexibility index (Phi) is 3.03. The van der Waals surface area contributed by atoms with Crippen LogP contribution in [0.1, 0.15) is 31.2 Å². The van der Waals surface area contributed by atoms with E-state index in [4.69, 9.17) is 10.5 Å². The van der Waals surface area contributed by atoms with Gasteiger partial charge < -0.3 is 10.5 Å². The summed E-state index contributed by atoms with van der Waals surface area (Å²) in [6, 6.07) is 6.09. The van der Waals surface area contributed by atoms with E-state index in [-0.39, 0.29) is 5.54 Å². The van der Waals surface area contributed by atoms with Gasteiger partial charge in [0.2, 0.25) is 0 Å². The van der Waals surface area contributed by atoms with Gasteiger partial charge >= 0.3 is 0 Å². The third-order valence-corrected chi connectivity index (χ3v) is 3.83. The first-order valence-electron chi connectivity index (χ1n) is 5.29. The van der Waals surface area contributed by atoms with Gasteiger partial charge in [-0.15, -0.1) is 0 Å². The van der Waals surface area contributed by atoms with Crippen molar-refractivity contribution >= 4 is 15.9 Å². The number of hydrogen-bond donors (Lipinski definition) is 1. The molecule has 2 nitrogen and oxygen atoms in total. The van der Waals surface area contributed by atoms with Crippen molar-refractivity contribution in [1.82, 2.24) is 0 Å². The number of methoxy groups -OCH3 is 1. The number of rotatable bonds is 2. The van der Waals surface area contributed by atoms with Crippen LogP contribution in [0.3, 0.4) is 0 Å². The number of hydrogen-bond acceptors (Lipinski definition) is 2. The standard InChI is InChI=1S/C12H16BrNO/c1-15-11-9(5-4-6-10(11)13)12(14)7-2-3-8-12/h4-6H,2-3,7-8,14H2,1H3. The van der Waals surface area contributed by atoms with E-state index in [9.17, 15) is 0 Å². The summed E-state index contributed by atoms with van der Waals surface area (Å²) in [6.45, 7) is 0. The van der Waals surface area contributed by atoms with Gasteiger partial charge in [0.1, 0.15) is 5.75 Å². The molecule has 15 heavy (non-hydrogen) atoms. The van der Waals surface area contributed by atoms with Gasteiger partial charge in [0.05, 0.1) is 11.6 Å². The second-order valence-electron chi connectivity index (χ2n) is 4.18. The van der Waals surface area contributed by atoms with E-state index in [0.29, 0.717) is 0 Å². The minimum atomic E-state index is -0.185. The van der Waals surface area contributed by atoms with Gasteiger partial charge in [0, 0.05) is 11.1 Å². The molecule has 0 bridgehead atoms.